The highest BCUT2D eigenvalue weighted by Crippen LogP contribution is 2.33. The summed E-state index contributed by atoms with van der Waals surface area (Å²) in [5.41, 5.74) is 0.955. The van der Waals surface area contributed by atoms with Gasteiger partial charge in [-0.05, 0) is 38.3 Å². The number of nitrogens with zero attached hydrogens (tertiary/aromatic N) is 4. The summed E-state index contributed by atoms with van der Waals surface area (Å²) >= 11 is 3.58. The van der Waals surface area contributed by atoms with Crippen LogP contribution in [-0.4, -0.2) is 60.6 Å². The zero-order valence-corrected chi connectivity index (χ0v) is 18.0. The summed E-state index contributed by atoms with van der Waals surface area (Å²) in [5, 5.41) is 18.7. The topological polar surface area (TPSA) is 54.1 Å². The van der Waals surface area contributed by atoms with Crippen molar-refractivity contribution in [1.82, 2.24) is 9.80 Å². The summed E-state index contributed by atoms with van der Waals surface area (Å²) in [6.07, 6.45) is 0. The molecule has 1 aromatic carbocycles. The third-order valence-corrected chi connectivity index (χ3v) is 6.64. The molecule has 0 N–H and O–H groups in total. The Morgan fingerprint density at radius 2 is 1.08 bits per heavy atom. The third-order valence-electron chi connectivity index (χ3n) is 4.44. The summed E-state index contributed by atoms with van der Waals surface area (Å²) in [5.74, 6) is 1.98. The first kappa shape index (κ1) is 22.9. The van der Waals surface area contributed by atoms with Crippen molar-refractivity contribution in [3.63, 3.8) is 0 Å². The molecule has 0 aliphatic carbocycles. The van der Waals surface area contributed by atoms with Crippen LogP contribution < -0.4 is 0 Å². The Morgan fingerprint density at radius 3 is 1.35 bits per heavy atom. The fraction of sp³-hybridized carbons (Fsp3) is 0.600. The van der Waals surface area contributed by atoms with Crippen LogP contribution in [0.1, 0.15) is 38.8 Å². The lowest BCUT2D eigenvalue weighted by Gasteiger charge is -2.19. The van der Waals surface area contributed by atoms with Crippen molar-refractivity contribution in [3.8, 4) is 12.1 Å². The molecule has 0 heterocycles. The van der Waals surface area contributed by atoms with Crippen molar-refractivity contribution in [2.75, 3.05) is 50.8 Å². The Labute approximate surface area is 167 Å². The predicted molar refractivity (Wildman–Crippen MR) is 113 cm³/mol. The number of hydrogen-bond acceptors (Lipinski definition) is 6. The zero-order valence-electron chi connectivity index (χ0n) is 16.4. The normalized spacial score (nSPS) is 10.9. The van der Waals surface area contributed by atoms with E-state index in [1.807, 2.05) is 12.1 Å². The van der Waals surface area contributed by atoms with Crippen molar-refractivity contribution < 1.29 is 0 Å². The van der Waals surface area contributed by atoms with E-state index in [1.54, 1.807) is 23.5 Å². The summed E-state index contributed by atoms with van der Waals surface area (Å²) in [6.45, 7) is 15.0. The molecule has 1 rings (SSSR count). The second kappa shape index (κ2) is 13.1. The molecule has 0 aromatic heterocycles. The molecule has 1 aromatic rings. The van der Waals surface area contributed by atoms with Gasteiger partial charge in [0.2, 0.25) is 0 Å². The Balaban J connectivity index is 2.87. The maximum atomic E-state index is 9.34. The highest BCUT2D eigenvalue weighted by Gasteiger charge is 2.12. The van der Waals surface area contributed by atoms with Gasteiger partial charge >= 0.3 is 0 Å². The monoisotopic (exact) mass is 390 g/mol. The van der Waals surface area contributed by atoms with Gasteiger partial charge in [-0.2, -0.15) is 10.5 Å². The number of rotatable bonds is 12. The lowest BCUT2D eigenvalue weighted by atomic mass is 10.1. The van der Waals surface area contributed by atoms with Crippen molar-refractivity contribution in [3.05, 3.63) is 23.3 Å². The molecule has 4 nitrogen and oxygen atoms in total. The SMILES string of the molecule is CCN(CC)CCSc1cc(C#N)c(C#N)cc1SCCN(CC)CC. The number of benzene rings is 1. The first-order valence-electron chi connectivity index (χ1n) is 9.31. The number of nitriles is 2. The molecule has 142 valence electrons. The van der Waals surface area contributed by atoms with E-state index in [-0.39, 0.29) is 0 Å². The van der Waals surface area contributed by atoms with E-state index in [2.05, 4.69) is 49.6 Å². The van der Waals surface area contributed by atoms with E-state index in [9.17, 15) is 10.5 Å². The second-order valence-corrected chi connectivity index (χ2v) is 8.09. The molecule has 0 saturated carbocycles. The maximum Gasteiger partial charge on any atom is 0.101 e. The van der Waals surface area contributed by atoms with Crippen LogP contribution in [0.5, 0.6) is 0 Å². The van der Waals surface area contributed by atoms with Gasteiger partial charge < -0.3 is 9.80 Å². The van der Waals surface area contributed by atoms with E-state index in [4.69, 9.17) is 0 Å². The van der Waals surface area contributed by atoms with Gasteiger partial charge in [0, 0.05) is 34.4 Å². The first-order valence-corrected chi connectivity index (χ1v) is 11.3. The highest BCUT2D eigenvalue weighted by molar-refractivity contribution is 8.02. The average Bonchev–Trinajstić information content (AvgIpc) is 2.68. The van der Waals surface area contributed by atoms with Gasteiger partial charge in [-0.3, -0.25) is 0 Å². The molecule has 0 radical (unpaired) electrons. The molecular formula is C20H30N4S2. The van der Waals surface area contributed by atoms with Gasteiger partial charge in [0.1, 0.15) is 12.1 Å². The van der Waals surface area contributed by atoms with Gasteiger partial charge in [0.15, 0.2) is 0 Å². The van der Waals surface area contributed by atoms with Crippen LogP contribution in [-0.2, 0) is 0 Å². The van der Waals surface area contributed by atoms with Crippen molar-refractivity contribution >= 4 is 23.5 Å². The molecule has 0 aliphatic heterocycles. The molecular weight excluding hydrogens is 360 g/mol. The number of thioether (sulfide) groups is 2. The van der Waals surface area contributed by atoms with Gasteiger partial charge in [0.05, 0.1) is 11.1 Å². The molecule has 0 bridgehead atoms. The van der Waals surface area contributed by atoms with Crippen molar-refractivity contribution in [2.24, 2.45) is 0 Å². The van der Waals surface area contributed by atoms with E-state index < -0.39 is 0 Å². The Kier molecular flexibility index (Phi) is 11.5. The van der Waals surface area contributed by atoms with Crippen LogP contribution in [0.4, 0.5) is 0 Å². The molecule has 0 saturated heterocycles. The van der Waals surface area contributed by atoms with E-state index >= 15 is 0 Å². The van der Waals surface area contributed by atoms with Crippen molar-refractivity contribution in [1.29, 1.82) is 10.5 Å². The van der Waals surface area contributed by atoms with Crippen LogP contribution in [0.2, 0.25) is 0 Å². The Bertz CT molecular complexity index is 571. The molecule has 26 heavy (non-hydrogen) atoms. The zero-order chi connectivity index (χ0) is 19.4. The summed E-state index contributed by atoms with van der Waals surface area (Å²) < 4.78 is 0. The summed E-state index contributed by atoms with van der Waals surface area (Å²) in [4.78, 5) is 7.04. The Hall–Kier alpha value is -1.18. The van der Waals surface area contributed by atoms with Crippen LogP contribution in [0.15, 0.2) is 21.9 Å². The smallest absolute Gasteiger partial charge is 0.101 e. The summed E-state index contributed by atoms with van der Waals surface area (Å²) in [6, 6.07) is 8.12. The van der Waals surface area contributed by atoms with Crippen molar-refractivity contribution in [2.45, 2.75) is 37.5 Å². The van der Waals surface area contributed by atoms with Gasteiger partial charge in [-0.25, -0.2) is 0 Å². The number of hydrogen-bond donors (Lipinski definition) is 0. The quantitative estimate of drug-likeness (QED) is 0.496. The van der Waals surface area contributed by atoms with Crippen LogP contribution in [0, 0.1) is 22.7 Å². The predicted octanol–water partition coefficient (Wildman–Crippen LogP) is 4.30. The maximum absolute atomic E-state index is 9.34. The van der Waals surface area contributed by atoms with Gasteiger partial charge in [0.25, 0.3) is 0 Å². The van der Waals surface area contributed by atoms with Gasteiger partial charge in [-0.1, -0.05) is 27.7 Å². The minimum atomic E-state index is 0.478. The largest absolute Gasteiger partial charge is 0.303 e. The van der Waals surface area contributed by atoms with E-state index in [0.29, 0.717) is 11.1 Å². The third kappa shape index (κ3) is 7.21. The average molecular weight is 391 g/mol. The molecule has 0 aliphatic rings. The van der Waals surface area contributed by atoms with E-state index in [1.165, 1.54) is 0 Å². The molecule has 0 atom stereocenters. The minimum Gasteiger partial charge on any atom is -0.303 e. The highest BCUT2D eigenvalue weighted by atomic mass is 32.2. The second-order valence-electron chi connectivity index (χ2n) is 5.82. The minimum absolute atomic E-state index is 0.478. The van der Waals surface area contributed by atoms with E-state index in [0.717, 1.165) is 60.6 Å². The summed E-state index contributed by atoms with van der Waals surface area (Å²) in [7, 11) is 0. The van der Waals surface area contributed by atoms with Crippen LogP contribution in [0.25, 0.3) is 0 Å². The van der Waals surface area contributed by atoms with Gasteiger partial charge in [-0.15, -0.1) is 23.5 Å². The molecule has 0 fully saturated rings. The standard InChI is InChI=1S/C20H30N4S2/c1-5-23(6-2)9-11-25-19-13-17(15-21)18(16-22)14-20(19)26-12-10-24(7-3)8-4/h13-14H,5-12H2,1-4H3. The molecule has 6 heteroatoms. The first-order chi connectivity index (χ1) is 12.6. The lowest BCUT2D eigenvalue weighted by molar-refractivity contribution is 0.323. The Morgan fingerprint density at radius 1 is 0.731 bits per heavy atom. The molecule has 0 spiro atoms. The molecule has 0 amide bonds. The van der Waals surface area contributed by atoms with Crippen LogP contribution in [0.3, 0.4) is 0 Å². The lowest BCUT2D eigenvalue weighted by Crippen LogP contribution is -2.25. The molecule has 0 unspecified atom stereocenters. The van der Waals surface area contributed by atoms with Crippen LogP contribution >= 0.6 is 23.5 Å². The fourth-order valence-corrected chi connectivity index (χ4v) is 4.92. The fourth-order valence-electron chi connectivity index (χ4n) is 2.62.